The molecule has 6 heteroatoms. The Bertz CT molecular complexity index is 976. The summed E-state index contributed by atoms with van der Waals surface area (Å²) in [6.45, 7) is 1.66. The second-order valence-electron chi connectivity index (χ2n) is 5.41. The number of aromatic nitrogens is 1. The van der Waals surface area contributed by atoms with Gasteiger partial charge >= 0.3 is 0 Å². The highest BCUT2D eigenvalue weighted by molar-refractivity contribution is 6.04. The van der Waals surface area contributed by atoms with Crippen LogP contribution in [0.5, 0.6) is 5.75 Å². The first kappa shape index (κ1) is 15.9. The van der Waals surface area contributed by atoms with Crippen molar-refractivity contribution in [2.75, 3.05) is 0 Å². The van der Waals surface area contributed by atoms with E-state index >= 15 is 0 Å². The Hall–Kier alpha value is -3.02. The monoisotopic (exact) mass is 329 g/mol. The molecule has 1 heterocycles. The average Bonchev–Trinajstić information content (AvgIpc) is 2.82. The van der Waals surface area contributed by atoms with E-state index in [4.69, 9.17) is 0 Å². The van der Waals surface area contributed by atoms with Gasteiger partial charge in [0, 0.05) is 23.1 Å². The number of benzene rings is 2. The first-order valence-corrected chi connectivity index (χ1v) is 7.20. The van der Waals surface area contributed by atoms with Crippen LogP contribution in [0.1, 0.15) is 21.6 Å². The molecule has 0 atom stereocenters. The lowest BCUT2D eigenvalue weighted by atomic mass is 10.1. The van der Waals surface area contributed by atoms with Gasteiger partial charge in [-0.05, 0) is 48.9 Å². The number of nitrogens with zero attached hydrogens (tertiary/aromatic N) is 1. The Labute approximate surface area is 135 Å². The predicted octanol–water partition coefficient (Wildman–Crippen LogP) is 3.36. The van der Waals surface area contributed by atoms with E-state index in [2.05, 4.69) is 0 Å². The molecule has 122 valence electrons. The number of aromatic hydroxyl groups is 1. The van der Waals surface area contributed by atoms with Crippen LogP contribution in [0.15, 0.2) is 36.4 Å². The fourth-order valence-corrected chi connectivity index (χ4v) is 2.83. The molecule has 0 amide bonds. The topological polar surface area (TPSA) is 59.3 Å². The van der Waals surface area contributed by atoms with Gasteiger partial charge in [-0.1, -0.05) is 0 Å². The molecule has 0 fully saturated rings. The lowest BCUT2D eigenvalue weighted by Gasteiger charge is -2.08. The summed E-state index contributed by atoms with van der Waals surface area (Å²) in [7, 11) is 0. The first-order valence-electron chi connectivity index (χ1n) is 7.20. The number of hydrogen-bond donors (Lipinski definition) is 1. The molecule has 0 spiro atoms. The molecule has 3 rings (SSSR count). The molecule has 0 unspecified atom stereocenters. The molecule has 0 aliphatic rings. The number of fused-ring (bicyclic) bond motifs is 1. The van der Waals surface area contributed by atoms with Gasteiger partial charge in [0.2, 0.25) is 0 Å². The largest absolute Gasteiger partial charge is 0.508 e. The molecule has 0 radical (unpaired) electrons. The minimum atomic E-state index is -1.11. The average molecular weight is 329 g/mol. The Kier molecular flexibility index (Phi) is 3.89. The van der Waals surface area contributed by atoms with Gasteiger partial charge in [0.25, 0.3) is 5.91 Å². The van der Waals surface area contributed by atoms with Crippen LogP contribution in [0.4, 0.5) is 8.78 Å². The van der Waals surface area contributed by atoms with Crippen molar-refractivity contribution in [3.63, 3.8) is 0 Å². The summed E-state index contributed by atoms with van der Waals surface area (Å²) in [5.74, 6) is -2.68. The standard InChI is InChI=1S/C18H13F2NO3/c1-10-13(6-7-22)14-9-12(23)3-5-17(14)21(10)18(24)11-2-4-15(19)16(20)8-11/h2-5,7-9,23H,6H2,1H3. The zero-order chi connectivity index (χ0) is 17.4. The van der Waals surface area contributed by atoms with Crippen LogP contribution in [0.2, 0.25) is 0 Å². The van der Waals surface area contributed by atoms with Crippen molar-refractivity contribution >= 4 is 23.1 Å². The Morgan fingerprint density at radius 3 is 2.58 bits per heavy atom. The van der Waals surface area contributed by atoms with Gasteiger partial charge in [0.15, 0.2) is 11.6 Å². The zero-order valence-electron chi connectivity index (χ0n) is 12.7. The van der Waals surface area contributed by atoms with E-state index in [0.29, 0.717) is 28.4 Å². The number of phenolic OH excluding ortho intramolecular Hbond substituents is 1. The fourth-order valence-electron chi connectivity index (χ4n) is 2.83. The normalized spacial score (nSPS) is 11.0. The summed E-state index contributed by atoms with van der Waals surface area (Å²) < 4.78 is 27.9. The SMILES string of the molecule is Cc1c(CC=O)c2cc(O)ccc2n1C(=O)c1ccc(F)c(F)c1. The molecule has 0 saturated carbocycles. The Balaban J connectivity index is 2.25. The maximum atomic E-state index is 13.4. The zero-order valence-corrected chi connectivity index (χ0v) is 12.7. The van der Waals surface area contributed by atoms with Gasteiger partial charge in [-0.15, -0.1) is 0 Å². The molecular weight excluding hydrogens is 316 g/mol. The van der Waals surface area contributed by atoms with Gasteiger partial charge in [-0.25, -0.2) is 8.78 Å². The third-order valence-corrected chi connectivity index (χ3v) is 3.98. The molecule has 2 aromatic carbocycles. The van der Waals surface area contributed by atoms with E-state index in [1.807, 2.05) is 0 Å². The van der Waals surface area contributed by atoms with Crippen LogP contribution in [-0.4, -0.2) is 21.9 Å². The quantitative estimate of drug-likeness (QED) is 0.750. The minimum Gasteiger partial charge on any atom is -0.508 e. The van der Waals surface area contributed by atoms with Gasteiger partial charge in [0.05, 0.1) is 5.52 Å². The van der Waals surface area contributed by atoms with Crippen molar-refractivity contribution in [3.8, 4) is 5.75 Å². The summed E-state index contributed by atoms with van der Waals surface area (Å²) in [5.41, 5.74) is 1.58. The summed E-state index contributed by atoms with van der Waals surface area (Å²) in [5, 5.41) is 10.2. The van der Waals surface area contributed by atoms with Crippen LogP contribution >= 0.6 is 0 Å². The molecule has 0 bridgehead atoms. The number of hydrogen-bond acceptors (Lipinski definition) is 3. The Morgan fingerprint density at radius 1 is 1.17 bits per heavy atom. The van der Waals surface area contributed by atoms with Crippen molar-refractivity contribution in [1.82, 2.24) is 4.57 Å². The van der Waals surface area contributed by atoms with Gasteiger partial charge in [-0.2, -0.15) is 0 Å². The smallest absolute Gasteiger partial charge is 0.262 e. The van der Waals surface area contributed by atoms with E-state index < -0.39 is 17.5 Å². The summed E-state index contributed by atoms with van der Waals surface area (Å²) in [4.78, 5) is 23.7. The van der Waals surface area contributed by atoms with E-state index in [0.717, 1.165) is 12.1 Å². The van der Waals surface area contributed by atoms with E-state index in [9.17, 15) is 23.5 Å². The predicted molar refractivity (Wildman–Crippen MR) is 84.2 cm³/mol. The minimum absolute atomic E-state index is 0.00655. The highest BCUT2D eigenvalue weighted by Gasteiger charge is 2.20. The second-order valence-corrected chi connectivity index (χ2v) is 5.41. The summed E-state index contributed by atoms with van der Waals surface area (Å²) in [6, 6.07) is 7.36. The van der Waals surface area contributed by atoms with Crippen LogP contribution in [0.3, 0.4) is 0 Å². The van der Waals surface area contributed by atoms with E-state index in [1.165, 1.54) is 22.8 Å². The lowest BCUT2D eigenvalue weighted by Crippen LogP contribution is -2.14. The third-order valence-electron chi connectivity index (χ3n) is 3.98. The third kappa shape index (κ3) is 2.46. The van der Waals surface area contributed by atoms with Crippen LogP contribution in [0, 0.1) is 18.6 Å². The molecule has 3 aromatic rings. The van der Waals surface area contributed by atoms with Crippen molar-refractivity contribution in [2.24, 2.45) is 0 Å². The molecule has 0 aliphatic carbocycles. The van der Waals surface area contributed by atoms with E-state index in [-0.39, 0.29) is 17.7 Å². The summed E-state index contributed by atoms with van der Waals surface area (Å²) >= 11 is 0. The molecule has 0 aliphatic heterocycles. The molecule has 1 N–H and O–H groups in total. The van der Waals surface area contributed by atoms with Gasteiger partial charge in [0.1, 0.15) is 12.0 Å². The summed E-state index contributed by atoms with van der Waals surface area (Å²) in [6.07, 6.45) is 0.780. The maximum Gasteiger partial charge on any atom is 0.262 e. The molecule has 1 aromatic heterocycles. The Morgan fingerprint density at radius 2 is 1.92 bits per heavy atom. The molecule has 4 nitrogen and oxygen atoms in total. The number of carbonyl (C=O) groups is 2. The number of phenols is 1. The number of rotatable bonds is 3. The lowest BCUT2D eigenvalue weighted by molar-refractivity contribution is -0.107. The van der Waals surface area contributed by atoms with Crippen molar-refractivity contribution in [3.05, 3.63) is 64.9 Å². The highest BCUT2D eigenvalue weighted by atomic mass is 19.2. The van der Waals surface area contributed by atoms with Crippen LogP contribution in [-0.2, 0) is 11.2 Å². The number of aldehydes is 1. The molecular formula is C18H13F2NO3. The number of carbonyl (C=O) groups excluding carboxylic acids is 2. The molecule has 0 saturated heterocycles. The van der Waals surface area contributed by atoms with Crippen LogP contribution < -0.4 is 0 Å². The first-order chi connectivity index (χ1) is 11.4. The fraction of sp³-hybridized carbons (Fsp3) is 0.111. The maximum absolute atomic E-state index is 13.4. The van der Waals surface area contributed by atoms with Crippen molar-refractivity contribution in [2.45, 2.75) is 13.3 Å². The van der Waals surface area contributed by atoms with Crippen LogP contribution in [0.25, 0.3) is 10.9 Å². The van der Waals surface area contributed by atoms with Gasteiger partial charge < -0.3 is 9.90 Å². The number of halogens is 2. The van der Waals surface area contributed by atoms with Crippen molar-refractivity contribution in [1.29, 1.82) is 0 Å². The van der Waals surface area contributed by atoms with E-state index in [1.54, 1.807) is 13.0 Å². The van der Waals surface area contributed by atoms with Crippen molar-refractivity contribution < 1.29 is 23.5 Å². The second kappa shape index (κ2) is 5.88. The highest BCUT2D eigenvalue weighted by Crippen LogP contribution is 2.30. The molecule has 24 heavy (non-hydrogen) atoms. The van der Waals surface area contributed by atoms with Gasteiger partial charge in [-0.3, -0.25) is 9.36 Å².